The number of allylic oxidation sites excluding steroid dienone is 1. The Bertz CT molecular complexity index is 3100. The summed E-state index contributed by atoms with van der Waals surface area (Å²) in [6, 6.07) is 40.9. The highest BCUT2D eigenvalue weighted by molar-refractivity contribution is 7.26. The maximum atomic E-state index is 4.46. The molecule has 3 heteroatoms. The van der Waals surface area contributed by atoms with E-state index in [1.54, 1.807) is 22.7 Å². The van der Waals surface area contributed by atoms with Gasteiger partial charge < -0.3 is 0 Å². The normalized spacial score (nSPS) is 12.0. The van der Waals surface area contributed by atoms with E-state index in [-0.39, 0.29) is 0 Å². The standard InChI is InChI=1S/C51H36S3/c1-5-14-34-33(6-2)48(39-19-11-12-20-40(39)49(34)43-28-52-26-30(43)3)41-21-13-22-46-51(41)42-25-32(23-24-45(42)54-46)47-35-15-7-9-17-37(35)50(44-29-53-27-31(44)4)38-18-10-8-16-36(38)47/h5-29H,2H2,1,3-4H3/b14-5-. The second-order valence-corrected chi connectivity index (χ2v) is 16.7. The minimum atomic E-state index is 1.17. The Kier molecular flexibility index (Phi) is 7.99. The molecule has 10 rings (SSSR count). The highest BCUT2D eigenvalue weighted by Gasteiger charge is 2.23. The van der Waals surface area contributed by atoms with E-state index in [0.29, 0.717) is 0 Å². The van der Waals surface area contributed by atoms with Gasteiger partial charge in [-0.1, -0.05) is 116 Å². The molecule has 3 heterocycles. The van der Waals surface area contributed by atoms with E-state index in [1.165, 1.54) is 119 Å². The Labute approximate surface area is 327 Å². The van der Waals surface area contributed by atoms with Gasteiger partial charge in [-0.25, -0.2) is 0 Å². The molecule has 7 aromatic carbocycles. The summed E-state index contributed by atoms with van der Waals surface area (Å²) in [5.41, 5.74) is 15.3. The van der Waals surface area contributed by atoms with E-state index in [1.807, 2.05) is 11.3 Å². The average molecular weight is 745 g/mol. The van der Waals surface area contributed by atoms with Crippen LogP contribution in [0.25, 0.3) is 109 Å². The van der Waals surface area contributed by atoms with Crippen molar-refractivity contribution in [3.63, 3.8) is 0 Å². The first-order valence-electron chi connectivity index (χ1n) is 18.4. The van der Waals surface area contributed by atoms with Crippen molar-refractivity contribution in [1.29, 1.82) is 0 Å². The van der Waals surface area contributed by atoms with Crippen molar-refractivity contribution in [2.45, 2.75) is 20.8 Å². The first kappa shape index (κ1) is 33.0. The molecule has 0 bridgehead atoms. The van der Waals surface area contributed by atoms with Gasteiger partial charge in [-0.3, -0.25) is 0 Å². The lowest BCUT2D eigenvalue weighted by Crippen LogP contribution is -1.96. The molecule has 0 aliphatic rings. The fraction of sp³-hybridized carbons (Fsp3) is 0.0588. The maximum Gasteiger partial charge on any atom is 0.0361 e. The molecule has 0 aliphatic heterocycles. The molecule has 258 valence electrons. The Balaban J connectivity index is 1.30. The molecule has 0 amide bonds. The molecule has 0 saturated carbocycles. The third-order valence-electron chi connectivity index (χ3n) is 11.1. The molecule has 0 aliphatic carbocycles. The Morgan fingerprint density at radius 1 is 0.481 bits per heavy atom. The maximum absolute atomic E-state index is 4.46. The molecule has 0 spiro atoms. The number of fused-ring (bicyclic) bond motifs is 6. The molecular weight excluding hydrogens is 709 g/mol. The van der Waals surface area contributed by atoms with Crippen molar-refractivity contribution >= 4 is 98.7 Å². The first-order valence-corrected chi connectivity index (χ1v) is 21.1. The summed E-state index contributed by atoms with van der Waals surface area (Å²) < 4.78 is 2.59. The molecule has 10 aromatic rings. The van der Waals surface area contributed by atoms with E-state index in [0.717, 1.165) is 0 Å². The molecule has 0 fully saturated rings. The fourth-order valence-electron chi connectivity index (χ4n) is 8.76. The third kappa shape index (κ3) is 4.93. The van der Waals surface area contributed by atoms with Crippen LogP contribution < -0.4 is 0 Å². The molecule has 0 unspecified atom stereocenters. The van der Waals surface area contributed by atoms with Gasteiger partial charge in [0, 0.05) is 20.2 Å². The molecule has 54 heavy (non-hydrogen) atoms. The van der Waals surface area contributed by atoms with E-state index >= 15 is 0 Å². The molecule has 3 aromatic heterocycles. The predicted molar refractivity (Wildman–Crippen MR) is 244 cm³/mol. The van der Waals surface area contributed by atoms with E-state index in [4.69, 9.17) is 0 Å². The van der Waals surface area contributed by atoms with Crippen LogP contribution in [0.1, 0.15) is 29.2 Å². The molecule has 0 nitrogen and oxygen atoms in total. The van der Waals surface area contributed by atoms with Crippen LogP contribution in [0.15, 0.2) is 143 Å². The Morgan fingerprint density at radius 2 is 1.02 bits per heavy atom. The minimum absolute atomic E-state index is 1.17. The van der Waals surface area contributed by atoms with Crippen molar-refractivity contribution in [1.82, 2.24) is 0 Å². The van der Waals surface area contributed by atoms with Crippen LogP contribution in [0, 0.1) is 13.8 Å². The zero-order valence-corrected chi connectivity index (χ0v) is 32.8. The van der Waals surface area contributed by atoms with Gasteiger partial charge in [0.25, 0.3) is 0 Å². The lowest BCUT2D eigenvalue weighted by Gasteiger charge is -2.21. The number of aryl methyl sites for hydroxylation is 2. The predicted octanol–water partition coefficient (Wildman–Crippen LogP) is 16.6. The highest BCUT2D eigenvalue weighted by Crippen LogP contribution is 2.50. The number of benzene rings is 7. The van der Waals surface area contributed by atoms with Gasteiger partial charge in [0.1, 0.15) is 0 Å². The summed E-state index contributed by atoms with van der Waals surface area (Å²) >= 11 is 5.43. The number of hydrogen-bond acceptors (Lipinski definition) is 3. The van der Waals surface area contributed by atoms with Crippen LogP contribution in [0.3, 0.4) is 0 Å². The topological polar surface area (TPSA) is 0 Å². The van der Waals surface area contributed by atoms with Crippen LogP contribution in [0.4, 0.5) is 0 Å². The van der Waals surface area contributed by atoms with Gasteiger partial charge in [0.05, 0.1) is 0 Å². The summed E-state index contributed by atoms with van der Waals surface area (Å²) in [7, 11) is 0. The average Bonchev–Trinajstić information content (AvgIpc) is 3.94. The highest BCUT2D eigenvalue weighted by atomic mass is 32.1. The monoisotopic (exact) mass is 744 g/mol. The van der Waals surface area contributed by atoms with Gasteiger partial charge in [-0.05, 0) is 160 Å². The van der Waals surface area contributed by atoms with E-state index in [2.05, 4.69) is 176 Å². The molecule has 0 radical (unpaired) electrons. The van der Waals surface area contributed by atoms with Crippen LogP contribution >= 0.6 is 34.0 Å². The number of hydrogen-bond donors (Lipinski definition) is 0. The zero-order valence-electron chi connectivity index (χ0n) is 30.4. The summed E-state index contributed by atoms with van der Waals surface area (Å²) in [5, 5.41) is 19.4. The van der Waals surface area contributed by atoms with Crippen LogP contribution in [-0.4, -0.2) is 0 Å². The SMILES string of the molecule is C=Cc1c(/C=C\C)c(-c2cscc2C)c2ccccc2c1-c1cccc2sc3ccc(-c4c5ccccc5c(-c5cscc5C)c5ccccc45)cc3c12. The smallest absolute Gasteiger partial charge is 0.0361 e. The van der Waals surface area contributed by atoms with Crippen molar-refractivity contribution in [2.75, 3.05) is 0 Å². The molecule has 0 N–H and O–H groups in total. The van der Waals surface area contributed by atoms with Gasteiger partial charge in [0.15, 0.2) is 0 Å². The van der Waals surface area contributed by atoms with Gasteiger partial charge in [0.2, 0.25) is 0 Å². The Morgan fingerprint density at radius 3 is 1.56 bits per heavy atom. The summed E-state index contributed by atoms with van der Waals surface area (Å²) in [6.45, 7) is 11.0. The summed E-state index contributed by atoms with van der Waals surface area (Å²) in [5.74, 6) is 0. The second-order valence-electron chi connectivity index (χ2n) is 14.1. The van der Waals surface area contributed by atoms with Crippen molar-refractivity contribution in [2.24, 2.45) is 0 Å². The first-order chi connectivity index (χ1) is 26.6. The number of thiophene rings is 3. The second kappa shape index (κ2) is 13.1. The van der Waals surface area contributed by atoms with E-state index in [9.17, 15) is 0 Å². The lowest BCUT2D eigenvalue weighted by atomic mass is 9.82. The molecular formula is C51H36S3. The summed E-state index contributed by atoms with van der Waals surface area (Å²) in [6.07, 6.45) is 6.52. The number of rotatable bonds is 6. The molecule has 0 saturated heterocycles. The van der Waals surface area contributed by atoms with Gasteiger partial charge >= 0.3 is 0 Å². The summed E-state index contributed by atoms with van der Waals surface area (Å²) in [4.78, 5) is 0. The lowest BCUT2D eigenvalue weighted by molar-refractivity contribution is 1.52. The van der Waals surface area contributed by atoms with Crippen molar-refractivity contribution in [3.05, 3.63) is 166 Å². The fourth-order valence-corrected chi connectivity index (χ4v) is 11.6. The zero-order chi connectivity index (χ0) is 36.5. The van der Waals surface area contributed by atoms with Crippen molar-refractivity contribution in [3.8, 4) is 44.5 Å². The van der Waals surface area contributed by atoms with Gasteiger partial charge in [-0.2, -0.15) is 22.7 Å². The van der Waals surface area contributed by atoms with E-state index < -0.39 is 0 Å². The molecule has 0 atom stereocenters. The van der Waals surface area contributed by atoms with Gasteiger partial charge in [-0.15, -0.1) is 11.3 Å². The van der Waals surface area contributed by atoms with Crippen LogP contribution in [0.5, 0.6) is 0 Å². The van der Waals surface area contributed by atoms with Crippen molar-refractivity contribution < 1.29 is 0 Å². The van der Waals surface area contributed by atoms with Crippen LogP contribution in [-0.2, 0) is 0 Å². The third-order valence-corrected chi connectivity index (χ3v) is 13.9. The van der Waals surface area contributed by atoms with Crippen LogP contribution in [0.2, 0.25) is 0 Å². The minimum Gasteiger partial charge on any atom is -0.151 e. The largest absolute Gasteiger partial charge is 0.151 e. The Hall–Kier alpha value is -5.58. The quantitative estimate of drug-likeness (QED) is 0.149.